The predicted octanol–water partition coefficient (Wildman–Crippen LogP) is 3.32. The average Bonchev–Trinajstić information content (AvgIpc) is 2.73. The summed E-state index contributed by atoms with van der Waals surface area (Å²) in [4.78, 5) is 28.3. The quantitative estimate of drug-likeness (QED) is 0.727. The van der Waals surface area contributed by atoms with Crippen molar-refractivity contribution in [1.82, 2.24) is 10.3 Å². The van der Waals surface area contributed by atoms with Gasteiger partial charge in [0.15, 0.2) is 0 Å². The Morgan fingerprint density at radius 2 is 1.84 bits per heavy atom. The van der Waals surface area contributed by atoms with Crippen molar-refractivity contribution in [3.8, 4) is 16.9 Å². The molecule has 7 heteroatoms. The second-order valence-corrected chi connectivity index (χ2v) is 9.14. The third kappa shape index (κ3) is 3.97. The first-order valence-corrected chi connectivity index (χ1v) is 11.4. The third-order valence-corrected chi connectivity index (χ3v) is 7.04. The number of anilines is 1. The zero-order chi connectivity index (χ0) is 22.2. The maximum absolute atomic E-state index is 12.7. The van der Waals surface area contributed by atoms with E-state index in [1.165, 1.54) is 6.92 Å². The summed E-state index contributed by atoms with van der Waals surface area (Å²) < 4.78 is 11.6. The van der Waals surface area contributed by atoms with E-state index in [1.54, 1.807) is 6.20 Å². The van der Waals surface area contributed by atoms with Gasteiger partial charge in [0.1, 0.15) is 17.7 Å². The normalized spacial score (nSPS) is 26.4. The second-order valence-electron chi connectivity index (χ2n) is 9.14. The number of pyridine rings is 1. The van der Waals surface area contributed by atoms with Crippen LogP contribution in [0.25, 0.3) is 11.1 Å². The number of nitrogens with zero attached hydrogens (tertiary/aromatic N) is 1. The van der Waals surface area contributed by atoms with Crippen LogP contribution in [0.2, 0.25) is 0 Å². The van der Waals surface area contributed by atoms with Crippen LogP contribution in [0.3, 0.4) is 0 Å². The van der Waals surface area contributed by atoms with E-state index < -0.39 is 0 Å². The standard InChI is InChI=1S/C25H29N3O4/c1-14-11-16(3-4-21(14)32-18-6-9-31-10-7-18)17-5-8-26-22(12-17)28-25(30)23-19-13-20(23)24(19)27-15(2)29/h3-5,8,11-12,18-20,23-24H,6-7,9-10,13H2,1-2H3,(H,27,29)(H,26,28,30). The molecule has 1 saturated heterocycles. The lowest BCUT2D eigenvalue weighted by Crippen LogP contribution is -2.72. The minimum absolute atomic E-state index is 0.00566. The van der Waals surface area contributed by atoms with Crippen molar-refractivity contribution in [1.29, 1.82) is 0 Å². The smallest absolute Gasteiger partial charge is 0.229 e. The molecule has 0 radical (unpaired) electrons. The number of hydrogen-bond acceptors (Lipinski definition) is 5. The minimum Gasteiger partial charge on any atom is -0.490 e. The van der Waals surface area contributed by atoms with Gasteiger partial charge in [0, 0.05) is 37.9 Å². The summed E-state index contributed by atoms with van der Waals surface area (Å²) in [6, 6.07) is 10.2. The van der Waals surface area contributed by atoms with Crippen LogP contribution >= 0.6 is 0 Å². The summed E-state index contributed by atoms with van der Waals surface area (Å²) >= 11 is 0. The number of hydrogen-bond donors (Lipinski definition) is 2. The fourth-order valence-electron chi connectivity index (χ4n) is 5.11. The van der Waals surface area contributed by atoms with Gasteiger partial charge in [-0.1, -0.05) is 6.07 Å². The molecule has 6 rings (SSSR count). The molecule has 1 aromatic carbocycles. The first-order valence-electron chi connectivity index (χ1n) is 11.4. The molecule has 2 heterocycles. The van der Waals surface area contributed by atoms with Crippen LogP contribution in [0.1, 0.15) is 31.7 Å². The van der Waals surface area contributed by atoms with Gasteiger partial charge in [-0.25, -0.2) is 4.98 Å². The Kier molecular flexibility index (Phi) is 5.59. The molecule has 4 fully saturated rings. The van der Waals surface area contributed by atoms with Gasteiger partial charge in [0.05, 0.1) is 13.2 Å². The third-order valence-electron chi connectivity index (χ3n) is 7.04. The van der Waals surface area contributed by atoms with Crippen LogP contribution in [0.5, 0.6) is 5.75 Å². The Bertz CT molecular complexity index is 1020. The van der Waals surface area contributed by atoms with E-state index in [2.05, 4.69) is 28.6 Å². The number of benzene rings is 1. The molecule has 2 N–H and O–H groups in total. The Morgan fingerprint density at radius 3 is 2.53 bits per heavy atom. The highest BCUT2D eigenvalue weighted by Gasteiger charge is 2.64. The highest BCUT2D eigenvalue weighted by Crippen LogP contribution is 2.58. The van der Waals surface area contributed by atoms with Gasteiger partial charge >= 0.3 is 0 Å². The van der Waals surface area contributed by atoms with E-state index in [9.17, 15) is 9.59 Å². The summed E-state index contributed by atoms with van der Waals surface area (Å²) in [5, 5.41) is 5.91. The number of ether oxygens (including phenoxy) is 2. The molecule has 7 nitrogen and oxygen atoms in total. The molecular weight excluding hydrogens is 406 g/mol. The number of nitrogens with one attached hydrogen (secondary N) is 2. The minimum atomic E-state index is -0.0302. The zero-order valence-corrected chi connectivity index (χ0v) is 18.5. The van der Waals surface area contributed by atoms with E-state index in [4.69, 9.17) is 9.47 Å². The highest BCUT2D eigenvalue weighted by molar-refractivity contribution is 5.94. The maximum Gasteiger partial charge on any atom is 0.229 e. The molecule has 2 atom stereocenters. The lowest BCUT2D eigenvalue weighted by molar-refractivity contribution is -0.163. The Balaban J connectivity index is 1.23. The highest BCUT2D eigenvalue weighted by atomic mass is 16.5. The van der Waals surface area contributed by atoms with E-state index in [-0.39, 0.29) is 41.7 Å². The summed E-state index contributed by atoms with van der Waals surface area (Å²) in [6.07, 6.45) is 4.78. The molecule has 2 unspecified atom stereocenters. The van der Waals surface area contributed by atoms with Crippen molar-refractivity contribution in [2.45, 2.75) is 45.3 Å². The van der Waals surface area contributed by atoms with Crippen molar-refractivity contribution < 1.29 is 19.1 Å². The Morgan fingerprint density at radius 1 is 1.09 bits per heavy atom. The van der Waals surface area contributed by atoms with Crippen LogP contribution in [-0.4, -0.2) is 42.2 Å². The second kappa shape index (κ2) is 8.54. The Hall–Kier alpha value is -2.93. The molecule has 1 aliphatic heterocycles. The molecule has 2 aromatic rings. The fourth-order valence-corrected chi connectivity index (χ4v) is 5.11. The molecule has 0 spiro atoms. The SMILES string of the molecule is CC(=O)NC1C2CC1C2C(=O)Nc1cc(-c2ccc(OC3CCOCC3)c(C)c2)ccn1. The van der Waals surface area contributed by atoms with Crippen LogP contribution in [0.15, 0.2) is 36.5 Å². The van der Waals surface area contributed by atoms with Gasteiger partial charge in [0.2, 0.25) is 11.8 Å². The average molecular weight is 436 g/mol. The number of amides is 2. The molecule has 3 aliphatic carbocycles. The van der Waals surface area contributed by atoms with Gasteiger partial charge in [0.25, 0.3) is 0 Å². The van der Waals surface area contributed by atoms with Crippen molar-refractivity contribution in [2.24, 2.45) is 17.8 Å². The number of aromatic nitrogens is 1. The van der Waals surface area contributed by atoms with Gasteiger partial charge < -0.3 is 20.1 Å². The molecule has 1 aromatic heterocycles. The van der Waals surface area contributed by atoms with Gasteiger partial charge in [-0.15, -0.1) is 0 Å². The predicted molar refractivity (Wildman–Crippen MR) is 120 cm³/mol. The van der Waals surface area contributed by atoms with Gasteiger partial charge in [-0.2, -0.15) is 0 Å². The van der Waals surface area contributed by atoms with Crippen molar-refractivity contribution in [3.63, 3.8) is 0 Å². The number of aryl methyl sites for hydroxylation is 1. The molecule has 3 saturated carbocycles. The number of carbonyl (C=O) groups is 2. The summed E-state index contributed by atoms with van der Waals surface area (Å²) in [7, 11) is 0. The number of carbonyl (C=O) groups excluding carboxylic acids is 2. The van der Waals surface area contributed by atoms with E-state index in [0.717, 1.165) is 54.9 Å². The van der Waals surface area contributed by atoms with Crippen molar-refractivity contribution >= 4 is 17.6 Å². The van der Waals surface area contributed by atoms with Crippen LogP contribution < -0.4 is 15.4 Å². The zero-order valence-electron chi connectivity index (χ0n) is 18.5. The van der Waals surface area contributed by atoms with E-state index in [0.29, 0.717) is 5.82 Å². The molecule has 168 valence electrons. The van der Waals surface area contributed by atoms with E-state index in [1.807, 2.05) is 24.3 Å². The molecular formula is C25H29N3O4. The van der Waals surface area contributed by atoms with Crippen LogP contribution in [0.4, 0.5) is 5.82 Å². The first kappa shape index (κ1) is 20.9. The fraction of sp³-hybridized carbons (Fsp3) is 0.480. The molecule has 4 aliphatic rings. The summed E-state index contributed by atoms with van der Waals surface area (Å²) in [5.74, 6) is 1.89. The number of rotatable bonds is 6. The van der Waals surface area contributed by atoms with Gasteiger partial charge in [-0.05, 0) is 66.1 Å². The van der Waals surface area contributed by atoms with Crippen LogP contribution in [0, 0.1) is 24.7 Å². The topological polar surface area (TPSA) is 89.6 Å². The molecule has 32 heavy (non-hydrogen) atoms. The molecule has 2 amide bonds. The van der Waals surface area contributed by atoms with E-state index >= 15 is 0 Å². The van der Waals surface area contributed by atoms with Crippen LogP contribution in [-0.2, 0) is 14.3 Å². The molecule has 2 bridgehead atoms. The lowest BCUT2D eigenvalue weighted by atomic mass is 9.44. The van der Waals surface area contributed by atoms with Crippen molar-refractivity contribution in [2.75, 3.05) is 18.5 Å². The Labute approximate surface area is 187 Å². The largest absolute Gasteiger partial charge is 0.490 e. The van der Waals surface area contributed by atoms with Crippen molar-refractivity contribution in [3.05, 3.63) is 42.1 Å². The maximum atomic E-state index is 12.7. The first-order chi connectivity index (χ1) is 15.5. The lowest BCUT2D eigenvalue weighted by Gasteiger charge is -2.63. The van der Waals surface area contributed by atoms with Gasteiger partial charge in [-0.3, -0.25) is 9.59 Å². The summed E-state index contributed by atoms with van der Waals surface area (Å²) in [6.45, 7) is 5.08. The monoisotopic (exact) mass is 435 g/mol. The summed E-state index contributed by atoms with van der Waals surface area (Å²) in [5.41, 5.74) is 3.12.